The molecule has 0 aromatic heterocycles. The lowest BCUT2D eigenvalue weighted by Crippen LogP contribution is -1.99. The summed E-state index contributed by atoms with van der Waals surface area (Å²) in [6.07, 6.45) is 6.95. The van der Waals surface area contributed by atoms with Crippen molar-refractivity contribution in [3.63, 3.8) is 0 Å². The summed E-state index contributed by atoms with van der Waals surface area (Å²) in [5, 5.41) is 0. The zero-order chi connectivity index (χ0) is 11.5. The van der Waals surface area contributed by atoms with E-state index in [1.807, 2.05) is 6.92 Å². The van der Waals surface area contributed by atoms with Gasteiger partial charge in [-0.3, -0.25) is 4.99 Å². The molecule has 0 aliphatic carbocycles. The molecule has 1 atom stereocenters. The number of hydrogen-bond donors (Lipinski definition) is 0. The first-order valence-corrected chi connectivity index (χ1v) is 6.76. The van der Waals surface area contributed by atoms with Gasteiger partial charge in [0.2, 0.25) is 0 Å². The number of halogens is 1. The average Bonchev–Trinajstić information content (AvgIpc) is 2.16. The standard InChI is InChI=1S/C10H12ClNO2S/c1-8-3-4-10(15(11,13)14)9(2)5-6-12-7-8/h4-8H,2-3H2,1H3/b6-5-,10-4+,12-7-. The van der Waals surface area contributed by atoms with Gasteiger partial charge in [-0.15, -0.1) is 0 Å². The van der Waals surface area contributed by atoms with Crippen molar-refractivity contribution < 1.29 is 8.42 Å². The number of allylic oxidation sites excluding steroid dienone is 3. The molecule has 3 nitrogen and oxygen atoms in total. The van der Waals surface area contributed by atoms with Crippen molar-refractivity contribution in [2.45, 2.75) is 13.3 Å². The first-order chi connectivity index (χ1) is 6.91. The second-order valence-electron chi connectivity index (χ2n) is 3.36. The highest BCUT2D eigenvalue weighted by atomic mass is 35.7. The normalized spacial score (nSPS) is 30.7. The largest absolute Gasteiger partial charge is 0.269 e. The Hall–Kier alpha value is -0.870. The van der Waals surface area contributed by atoms with E-state index < -0.39 is 9.05 Å². The Morgan fingerprint density at radius 2 is 2.27 bits per heavy atom. The lowest BCUT2D eigenvalue weighted by molar-refractivity contribution is 0.615. The second-order valence-corrected chi connectivity index (χ2v) is 5.89. The SMILES string of the molecule is C=C1/C=C\N=C/C(C)C/C=C\1S(=O)(=O)Cl. The topological polar surface area (TPSA) is 46.5 Å². The third-order valence-electron chi connectivity index (χ3n) is 1.96. The molecule has 0 radical (unpaired) electrons. The van der Waals surface area contributed by atoms with E-state index in [0.717, 1.165) is 0 Å². The lowest BCUT2D eigenvalue weighted by atomic mass is 10.1. The number of aliphatic imine (C=N–C) groups is 1. The highest BCUT2D eigenvalue weighted by Crippen LogP contribution is 2.23. The molecule has 0 aromatic rings. The summed E-state index contributed by atoms with van der Waals surface area (Å²) in [4.78, 5) is 4.07. The van der Waals surface area contributed by atoms with Crippen LogP contribution in [0, 0.1) is 5.92 Å². The maximum Gasteiger partial charge on any atom is 0.261 e. The minimum atomic E-state index is -3.73. The molecule has 1 heterocycles. The molecule has 1 aliphatic rings. The van der Waals surface area contributed by atoms with Gasteiger partial charge in [0.15, 0.2) is 0 Å². The Bertz CT molecular complexity index is 446. The third kappa shape index (κ3) is 3.64. The van der Waals surface area contributed by atoms with Crippen LogP contribution in [0.4, 0.5) is 0 Å². The van der Waals surface area contributed by atoms with Gasteiger partial charge in [0, 0.05) is 23.1 Å². The second kappa shape index (κ2) is 4.77. The highest BCUT2D eigenvalue weighted by molar-refractivity contribution is 8.17. The number of nitrogens with zero attached hydrogens (tertiary/aromatic N) is 1. The first kappa shape index (κ1) is 12.2. The van der Waals surface area contributed by atoms with Crippen LogP contribution in [0.25, 0.3) is 0 Å². The average molecular weight is 246 g/mol. The lowest BCUT2D eigenvalue weighted by Gasteiger charge is -2.03. The molecule has 82 valence electrons. The molecule has 0 amide bonds. The van der Waals surface area contributed by atoms with Gasteiger partial charge in [0.05, 0.1) is 4.91 Å². The predicted molar refractivity (Wildman–Crippen MR) is 63.4 cm³/mol. The summed E-state index contributed by atoms with van der Waals surface area (Å²) in [7, 11) is 1.57. The Labute approximate surface area is 94.3 Å². The van der Waals surface area contributed by atoms with Gasteiger partial charge in [-0.05, 0) is 24.0 Å². The third-order valence-corrected chi connectivity index (χ3v) is 3.41. The predicted octanol–water partition coefficient (Wildman–Crippen LogP) is 2.62. The Morgan fingerprint density at radius 1 is 1.60 bits per heavy atom. The number of hydrogen-bond acceptors (Lipinski definition) is 3. The molecule has 1 rings (SSSR count). The van der Waals surface area contributed by atoms with Crippen LogP contribution >= 0.6 is 10.7 Å². The van der Waals surface area contributed by atoms with Crippen LogP contribution in [0.2, 0.25) is 0 Å². The zero-order valence-corrected chi connectivity index (χ0v) is 9.92. The van der Waals surface area contributed by atoms with E-state index in [1.165, 1.54) is 12.3 Å². The van der Waals surface area contributed by atoms with E-state index in [2.05, 4.69) is 11.6 Å². The van der Waals surface area contributed by atoms with Gasteiger partial charge >= 0.3 is 0 Å². The fourth-order valence-corrected chi connectivity index (χ4v) is 2.32. The van der Waals surface area contributed by atoms with E-state index >= 15 is 0 Å². The van der Waals surface area contributed by atoms with Gasteiger partial charge in [-0.2, -0.15) is 0 Å². The summed E-state index contributed by atoms with van der Waals surface area (Å²) in [5.41, 5.74) is 0.358. The summed E-state index contributed by atoms with van der Waals surface area (Å²) < 4.78 is 22.5. The van der Waals surface area contributed by atoms with Crippen LogP contribution in [0.15, 0.2) is 40.4 Å². The fraction of sp³-hybridized carbons (Fsp3) is 0.300. The molecule has 1 unspecified atom stereocenters. The smallest absolute Gasteiger partial charge is 0.261 e. The van der Waals surface area contributed by atoms with Crippen molar-refractivity contribution in [1.29, 1.82) is 0 Å². The van der Waals surface area contributed by atoms with Crippen LogP contribution in [-0.4, -0.2) is 14.6 Å². The van der Waals surface area contributed by atoms with Crippen LogP contribution in [0.1, 0.15) is 13.3 Å². The Morgan fingerprint density at radius 3 is 2.87 bits per heavy atom. The molecule has 0 N–H and O–H groups in total. The summed E-state index contributed by atoms with van der Waals surface area (Å²) >= 11 is 0. The molecular formula is C10H12ClNO2S. The van der Waals surface area contributed by atoms with Gasteiger partial charge in [-0.25, -0.2) is 8.42 Å². The van der Waals surface area contributed by atoms with Crippen molar-refractivity contribution in [3.05, 3.63) is 35.4 Å². The van der Waals surface area contributed by atoms with Gasteiger partial charge in [0.25, 0.3) is 9.05 Å². The van der Waals surface area contributed by atoms with E-state index in [-0.39, 0.29) is 10.8 Å². The minimum Gasteiger partial charge on any atom is -0.269 e. The van der Waals surface area contributed by atoms with Gasteiger partial charge in [-0.1, -0.05) is 19.6 Å². The summed E-state index contributed by atoms with van der Waals surface area (Å²) in [5.74, 6) is 0.175. The molecule has 0 spiro atoms. The van der Waals surface area contributed by atoms with E-state index in [9.17, 15) is 8.42 Å². The highest BCUT2D eigenvalue weighted by Gasteiger charge is 2.16. The van der Waals surface area contributed by atoms with Crippen LogP contribution in [-0.2, 0) is 9.05 Å². The molecule has 0 saturated carbocycles. The molecule has 1 aliphatic heterocycles. The summed E-state index contributed by atoms with van der Waals surface area (Å²) in [6, 6.07) is 0. The molecule has 0 bridgehead atoms. The van der Waals surface area contributed by atoms with E-state index in [0.29, 0.717) is 12.0 Å². The zero-order valence-electron chi connectivity index (χ0n) is 8.35. The Balaban J connectivity index is 3.14. The molecule has 5 heteroatoms. The van der Waals surface area contributed by atoms with Crippen LogP contribution in [0.3, 0.4) is 0 Å². The maximum absolute atomic E-state index is 11.2. The van der Waals surface area contributed by atoms with Crippen molar-refractivity contribution in [1.82, 2.24) is 0 Å². The minimum absolute atomic E-state index is 0.0674. The van der Waals surface area contributed by atoms with Crippen molar-refractivity contribution in [3.8, 4) is 0 Å². The molecular weight excluding hydrogens is 234 g/mol. The van der Waals surface area contributed by atoms with Gasteiger partial charge < -0.3 is 0 Å². The molecule has 0 fully saturated rings. The fourth-order valence-electron chi connectivity index (χ4n) is 1.15. The van der Waals surface area contributed by atoms with Crippen molar-refractivity contribution in [2.24, 2.45) is 10.9 Å². The van der Waals surface area contributed by atoms with Crippen LogP contribution in [0.5, 0.6) is 0 Å². The van der Waals surface area contributed by atoms with Crippen molar-refractivity contribution in [2.75, 3.05) is 0 Å². The van der Waals surface area contributed by atoms with E-state index in [1.54, 1.807) is 12.3 Å². The maximum atomic E-state index is 11.2. The molecule has 0 saturated heterocycles. The van der Waals surface area contributed by atoms with E-state index in [4.69, 9.17) is 10.7 Å². The summed E-state index contributed by atoms with van der Waals surface area (Å²) in [6.45, 7) is 5.58. The van der Waals surface area contributed by atoms with Gasteiger partial charge in [0.1, 0.15) is 0 Å². The number of rotatable bonds is 1. The van der Waals surface area contributed by atoms with Crippen molar-refractivity contribution >= 4 is 25.9 Å². The molecule has 0 aromatic carbocycles. The van der Waals surface area contributed by atoms with Crippen LogP contribution < -0.4 is 0 Å². The molecule has 15 heavy (non-hydrogen) atoms. The quantitative estimate of drug-likeness (QED) is 0.667. The first-order valence-electron chi connectivity index (χ1n) is 4.45. The monoisotopic (exact) mass is 245 g/mol. The Kier molecular flexibility index (Phi) is 3.88.